The van der Waals surface area contributed by atoms with Crippen LogP contribution in [0.4, 0.5) is 5.69 Å². The number of nitrogens with zero attached hydrogens (tertiary/aromatic N) is 1. The maximum absolute atomic E-state index is 14.3. The number of amides is 1. The van der Waals surface area contributed by atoms with Gasteiger partial charge in [-0.05, 0) is 37.0 Å². The fourth-order valence-corrected chi connectivity index (χ4v) is 5.38. The number of benzene rings is 2. The number of ether oxygens (including phenoxy) is 2. The van der Waals surface area contributed by atoms with Crippen molar-refractivity contribution in [3.63, 3.8) is 0 Å². The van der Waals surface area contributed by atoms with Crippen LogP contribution in [-0.2, 0) is 14.4 Å². The normalized spacial score (nSPS) is 21.8. The number of carbonyl (C=O) groups is 3. The van der Waals surface area contributed by atoms with E-state index in [1.54, 1.807) is 30.3 Å². The number of ketones is 2. The predicted molar refractivity (Wildman–Crippen MR) is 136 cm³/mol. The number of allylic oxidation sites excluding steroid dienone is 3. The minimum atomic E-state index is -1.21. The molecule has 4 rings (SSSR count). The molecule has 2 aromatic carbocycles. The summed E-state index contributed by atoms with van der Waals surface area (Å²) in [6, 6.07) is 14.3. The van der Waals surface area contributed by atoms with Gasteiger partial charge >= 0.3 is 0 Å². The van der Waals surface area contributed by atoms with Crippen molar-refractivity contribution < 1.29 is 29.0 Å². The molecular weight excluding hydrogens is 458 g/mol. The number of aliphatic hydroxyl groups excluding tert-OH is 1. The van der Waals surface area contributed by atoms with Gasteiger partial charge in [-0.15, -0.1) is 0 Å². The first-order valence-corrected chi connectivity index (χ1v) is 11.9. The number of hydrogen-bond acceptors (Lipinski definition) is 6. The molecule has 1 aliphatic heterocycles. The molecule has 36 heavy (non-hydrogen) atoms. The van der Waals surface area contributed by atoms with Crippen molar-refractivity contribution in [1.29, 1.82) is 0 Å². The van der Waals surface area contributed by atoms with Crippen LogP contribution < -0.4 is 14.4 Å². The zero-order chi connectivity index (χ0) is 26.2. The Morgan fingerprint density at radius 1 is 1.03 bits per heavy atom. The molecule has 0 saturated heterocycles. The van der Waals surface area contributed by atoms with Crippen molar-refractivity contribution in [2.45, 2.75) is 39.5 Å². The molecule has 1 heterocycles. The lowest BCUT2D eigenvalue weighted by Crippen LogP contribution is -2.49. The van der Waals surface area contributed by atoms with Crippen molar-refractivity contribution in [3.05, 3.63) is 77.2 Å². The van der Waals surface area contributed by atoms with Gasteiger partial charge in [0.05, 0.1) is 14.2 Å². The van der Waals surface area contributed by atoms with Crippen molar-refractivity contribution in [3.8, 4) is 11.5 Å². The second kappa shape index (κ2) is 9.64. The van der Waals surface area contributed by atoms with Gasteiger partial charge in [0, 0.05) is 40.9 Å². The third-order valence-corrected chi connectivity index (χ3v) is 6.75. The molecule has 0 aromatic heterocycles. The number of methoxy groups -OCH3 is 2. The molecule has 2 aliphatic rings. The topological polar surface area (TPSA) is 93.1 Å². The van der Waals surface area contributed by atoms with Gasteiger partial charge in [0.1, 0.15) is 11.7 Å². The maximum Gasteiger partial charge on any atom is 0.242 e. The van der Waals surface area contributed by atoms with E-state index >= 15 is 0 Å². The molecule has 1 N–H and O–H groups in total. The molecule has 1 aliphatic carbocycles. The first kappa shape index (κ1) is 25.2. The number of rotatable bonds is 6. The van der Waals surface area contributed by atoms with E-state index in [1.165, 1.54) is 26.0 Å². The highest BCUT2D eigenvalue weighted by molar-refractivity contribution is 6.10. The molecule has 188 valence electrons. The zero-order valence-corrected chi connectivity index (χ0v) is 21.2. The standard InChI is InChI=1S/C29H31NO6/c1-17(31)14-21(32)26-24(19-12-9-13-23(35-4)27(19)36-5)25-20(15-29(2,3)16-22(25)33)30(28(26)34)18-10-7-6-8-11-18/h6-14,24,26,32H,15-16H2,1-5H3/b21-14-/t24-,26+/m1/s1. The molecule has 1 amide bonds. The smallest absolute Gasteiger partial charge is 0.242 e. The van der Waals surface area contributed by atoms with Gasteiger partial charge < -0.3 is 14.6 Å². The number of carbonyl (C=O) groups excluding carboxylic acids is 3. The van der Waals surface area contributed by atoms with Crippen LogP contribution in [0.1, 0.15) is 45.1 Å². The average Bonchev–Trinajstić information content (AvgIpc) is 2.81. The SMILES string of the molecule is COc1cccc([C@@H]2C3=C(CC(C)(C)CC3=O)N(c3ccccc3)C(=O)[C@H]2/C(O)=C/C(C)=O)c1OC. The van der Waals surface area contributed by atoms with E-state index in [-0.39, 0.29) is 17.6 Å². The molecule has 2 atom stereocenters. The lowest BCUT2D eigenvalue weighted by molar-refractivity contribution is -0.124. The van der Waals surface area contributed by atoms with Crippen LogP contribution in [-0.4, -0.2) is 36.8 Å². The van der Waals surface area contributed by atoms with Crippen LogP contribution in [0.2, 0.25) is 0 Å². The van der Waals surface area contributed by atoms with Gasteiger partial charge in [0.2, 0.25) is 5.91 Å². The summed E-state index contributed by atoms with van der Waals surface area (Å²) in [6.07, 6.45) is 1.82. The Bertz CT molecular complexity index is 1270. The first-order valence-electron chi connectivity index (χ1n) is 11.9. The summed E-state index contributed by atoms with van der Waals surface area (Å²) in [5.74, 6) is -2.59. The lowest BCUT2D eigenvalue weighted by Gasteiger charge is -2.46. The minimum Gasteiger partial charge on any atom is -0.511 e. The van der Waals surface area contributed by atoms with E-state index < -0.39 is 29.3 Å². The van der Waals surface area contributed by atoms with Gasteiger partial charge in [-0.1, -0.05) is 44.2 Å². The Morgan fingerprint density at radius 3 is 2.33 bits per heavy atom. The Hall–Kier alpha value is -3.87. The van der Waals surface area contributed by atoms with E-state index in [4.69, 9.17) is 9.47 Å². The number of Topliss-reactive ketones (excluding diaryl/α,β-unsaturated/α-hetero) is 1. The van der Waals surface area contributed by atoms with Gasteiger partial charge in [0.25, 0.3) is 0 Å². The van der Waals surface area contributed by atoms with E-state index in [0.717, 1.165) is 6.08 Å². The number of anilines is 1. The third kappa shape index (κ3) is 4.41. The maximum atomic E-state index is 14.3. The quantitative estimate of drug-likeness (QED) is 0.447. The van der Waals surface area contributed by atoms with Crippen LogP contribution in [0.25, 0.3) is 0 Å². The van der Waals surface area contributed by atoms with Crippen molar-refractivity contribution in [2.75, 3.05) is 19.1 Å². The minimum absolute atomic E-state index is 0.106. The fourth-order valence-electron chi connectivity index (χ4n) is 5.38. The fraction of sp³-hybridized carbons (Fsp3) is 0.345. The highest BCUT2D eigenvalue weighted by Crippen LogP contribution is 2.53. The Kier molecular flexibility index (Phi) is 6.76. The van der Waals surface area contributed by atoms with E-state index in [1.807, 2.05) is 32.0 Å². The number of para-hydroxylation sites is 2. The molecule has 0 bridgehead atoms. The van der Waals surface area contributed by atoms with E-state index in [9.17, 15) is 19.5 Å². The van der Waals surface area contributed by atoms with Crippen LogP contribution >= 0.6 is 0 Å². The van der Waals surface area contributed by atoms with Gasteiger partial charge in [-0.25, -0.2) is 0 Å². The molecule has 2 aromatic rings. The molecule has 7 nitrogen and oxygen atoms in total. The molecule has 0 spiro atoms. The van der Waals surface area contributed by atoms with E-state index in [0.29, 0.717) is 40.4 Å². The second-order valence-electron chi connectivity index (χ2n) is 10.0. The summed E-state index contributed by atoms with van der Waals surface area (Å²) >= 11 is 0. The molecule has 0 fully saturated rings. The van der Waals surface area contributed by atoms with Gasteiger partial charge in [0.15, 0.2) is 23.1 Å². The summed E-state index contributed by atoms with van der Waals surface area (Å²) in [4.78, 5) is 41.6. The van der Waals surface area contributed by atoms with Crippen LogP contribution in [0, 0.1) is 11.3 Å². The molecule has 0 unspecified atom stereocenters. The van der Waals surface area contributed by atoms with Crippen molar-refractivity contribution in [2.24, 2.45) is 11.3 Å². The Morgan fingerprint density at radius 2 is 1.72 bits per heavy atom. The summed E-state index contributed by atoms with van der Waals surface area (Å²) in [5, 5.41) is 11.2. The zero-order valence-electron chi connectivity index (χ0n) is 21.2. The lowest BCUT2D eigenvalue weighted by atomic mass is 9.65. The summed E-state index contributed by atoms with van der Waals surface area (Å²) in [6.45, 7) is 5.31. The summed E-state index contributed by atoms with van der Waals surface area (Å²) in [7, 11) is 3.00. The molecule has 0 saturated carbocycles. The summed E-state index contributed by atoms with van der Waals surface area (Å²) in [5.41, 5.74) is 1.81. The summed E-state index contributed by atoms with van der Waals surface area (Å²) < 4.78 is 11.2. The molecular formula is C29H31NO6. The Balaban J connectivity index is 2.09. The van der Waals surface area contributed by atoms with E-state index in [2.05, 4.69) is 0 Å². The highest BCUT2D eigenvalue weighted by Gasteiger charge is 2.51. The van der Waals surface area contributed by atoms with Crippen LogP contribution in [0.5, 0.6) is 11.5 Å². The highest BCUT2D eigenvalue weighted by atomic mass is 16.5. The molecule has 7 heteroatoms. The number of aliphatic hydroxyl groups is 1. The van der Waals surface area contributed by atoms with Gasteiger partial charge in [-0.2, -0.15) is 0 Å². The van der Waals surface area contributed by atoms with Crippen LogP contribution in [0.15, 0.2) is 71.6 Å². The number of hydrogen-bond donors (Lipinski definition) is 1. The van der Waals surface area contributed by atoms with Crippen molar-refractivity contribution >= 4 is 23.2 Å². The second-order valence-corrected chi connectivity index (χ2v) is 10.0. The average molecular weight is 490 g/mol. The Labute approximate surface area is 211 Å². The monoisotopic (exact) mass is 489 g/mol. The van der Waals surface area contributed by atoms with Crippen LogP contribution in [0.3, 0.4) is 0 Å². The van der Waals surface area contributed by atoms with Crippen molar-refractivity contribution in [1.82, 2.24) is 0 Å². The largest absolute Gasteiger partial charge is 0.511 e. The predicted octanol–water partition coefficient (Wildman–Crippen LogP) is 5.12. The third-order valence-electron chi connectivity index (χ3n) is 6.75. The molecule has 0 radical (unpaired) electrons. The van der Waals surface area contributed by atoms with Gasteiger partial charge in [-0.3, -0.25) is 19.3 Å². The first-order chi connectivity index (χ1) is 17.1.